The van der Waals surface area contributed by atoms with Crippen molar-refractivity contribution in [1.82, 2.24) is 9.97 Å². The van der Waals surface area contributed by atoms with Gasteiger partial charge in [-0.25, -0.2) is 0 Å². The van der Waals surface area contributed by atoms with Gasteiger partial charge in [0.1, 0.15) is 24.7 Å². The molecule has 3 saturated heterocycles. The molecule has 0 radical (unpaired) electrons. The van der Waals surface area contributed by atoms with Crippen LogP contribution in [0.1, 0.15) is 160 Å². The number of nitrogens with zero attached hydrogens (tertiary/aromatic N) is 2. The zero-order chi connectivity index (χ0) is 80.8. The Hall–Kier alpha value is -6.70. The van der Waals surface area contributed by atoms with E-state index in [1.54, 1.807) is 0 Å². The van der Waals surface area contributed by atoms with Gasteiger partial charge in [0.25, 0.3) is 11.1 Å². The van der Waals surface area contributed by atoms with Crippen LogP contribution in [0.4, 0.5) is 11.4 Å². The van der Waals surface area contributed by atoms with Crippen molar-refractivity contribution in [3.05, 3.63) is 166 Å². The highest BCUT2D eigenvalue weighted by Gasteiger charge is 2.51. The number of hydrogen-bond acceptors (Lipinski definition) is 22. The van der Waals surface area contributed by atoms with Crippen molar-refractivity contribution in [1.29, 1.82) is 0 Å². The average molecular weight is 1660 g/mol. The van der Waals surface area contributed by atoms with E-state index in [1.165, 1.54) is 0 Å². The van der Waals surface area contributed by atoms with E-state index < -0.39 is 0 Å². The minimum absolute atomic E-state index is 0. The molecule has 0 atom stereocenters. The van der Waals surface area contributed by atoms with Gasteiger partial charge in [-0.3, -0.25) is 19.2 Å². The number of anilines is 2. The van der Waals surface area contributed by atoms with Crippen LogP contribution >= 0.6 is 15.9 Å². The van der Waals surface area contributed by atoms with Crippen LogP contribution in [0.3, 0.4) is 0 Å². The number of aromatic nitrogens is 2. The Kier molecular flexibility index (Phi) is 44.8. The fourth-order valence-corrected chi connectivity index (χ4v) is 14.1. The number of H-pyrrole nitrogens is 2. The third-order valence-electron chi connectivity index (χ3n) is 20.4. The number of aryl methyl sites for hydroxylation is 4. The predicted octanol–water partition coefficient (Wildman–Crippen LogP) is 12.8. The molecule has 0 amide bonds. The molecule has 6 aromatic rings. The monoisotopic (exact) mass is 1650 g/mol. The summed E-state index contributed by atoms with van der Waals surface area (Å²) in [5.74, 6) is 1.60. The number of nitrogens with one attached hydrogen (secondary N) is 2. The van der Waals surface area contributed by atoms with E-state index in [1.807, 2.05) is 142 Å². The maximum absolute atomic E-state index is 13.9. The van der Waals surface area contributed by atoms with Crippen molar-refractivity contribution in [2.75, 3.05) is 181 Å². The number of hydrogen-bond donors (Lipinski definition) is 4. The molecule has 9 rings (SSSR count). The largest absolute Gasteiger partial charge is 0.494 e. The third-order valence-corrected chi connectivity index (χ3v) is 20.8. The SMILES string of the molecule is C.C.CC1(C)OB(c2ccc(OCCOCCOCCOCCOCCO)cc2)OC1(C)C.CCN(c1cc(-c2ccc(OCCOCCOCCOCCOCCO)cc2)cc(C(=O)CCc2c(C)cc(C)[nH]c2=O)c1C)C1CCOCC1.CCN(c1cc(Br)cc(C(=O)CCc2c(C)cc(C)[nH]c2=O)c1C)C1CCOCC1. The molecule has 4 aromatic carbocycles. The van der Waals surface area contributed by atoms with E-state index in [2.05, 4.69) is 61.7 Å². The number of aromatic amines is 2. The number of benzene rings is 4. The average Bonchev–Trinajstić information content (AvgIpc) is 1.33. The summed E-state index contributed by atoms with van der Waals surface area (Å²) in [6.45, 7) is 37.2. The molecule has 0 spiro atoms. The topological polar surface area (TPSA) is 276 Å². The van der Waals surface area contributed by atoms with E-state index in [0.29, 0.717) is 167 Å². The molecule has 114 heavy (non-hydrogen) atoms. The normalized spacial score (nSPS) is 14.6. The fraction of sp³-hybridized carbons (Fsp3) is 0.591. The Labute approximate surface area is 686 Å². The molecule has 634 valence electrons. The van der Waals surface area contributed by atoms with E-state index in [4.69, 9.17) is 76.4 Å². The number of ketones is 2. The summed E-state index contributed by atoms with van der Waals surface area (Å²) in [6.07, 6.45) is 5.27. The van der Waals surface area contributed by atoms with E-state index >= 15 is 0 Å². The van der Waals surface area contributed by atoms with Crippen molar-refractivity contribution in [2.24, 2.45) is 0 Å². The van der Waals surface area contributed by atoms with Crippen LogP contribution in [0.5, 0.6) is 11.5 Å². The van der Waals surface area contributed by atoms with Gasteiger partial charge in [0.15, 0.2) is 11.6 Å². The number of carbonyl (C=O) groups excluding carboxylic acids is 2. The number of halogens is 1. The number of pyridine rings is 2. The van der Waals surface area contributed by atoms with Gasteiger partial charge in [0.2, 0.25) is 0 Å². The molecular formula is C88H132BBrN4O20. The number of Topliss-reactive ketones (excluding diaryl/α,β-unsaturated/α-hetero) is 2. The zero-order valence-electron chi connectivity index (χ0n) is 68.4. The van der Waals surface area contributed by atoms with Crippen LogP contribution < -0.4 is 35.9 Å². The molecule has 0 unspecified atom stereocenters. The van der Waals surface area contributed by atoms with Crippen LogP contribution in [0.25, 0.3) is 11.1 Å². The molecule has 26 heteroatoms. The summed E-state index contributed by atoms with van der Waals surface area (Å²) >= 11 is 3.61. The van der Waals surface area contributed by atoms with E-state index in [-0.39, 0.29) is 75.5 Å². The Morgan fingerprint density at radius 3 is 1.18 bits per heavy atom. The van der Waals surface area contributed by atoms with Crippen molar-refractivity contribution in [3.8, 4) is 22.6 Å². The van der Waals surface area contributed by atoms with Gasteiger partial charge < -0.3 is 96.1 Å². The van der Waals surface area contributed by atoms with Crippen LogP contribution in [0.15, 0.2) is 99.0 Å². The first kappa shape index (κ1) is 97.9. The first-order valence-electron chi connectivity index (χ1n) is 39.7. The van der Waals surface area contributed by atoms with Gasteiger partial charge >= 0.3 is 7.12 Å². The Morgan fingerprint density at radius 2 is 0.816 bits per heavy atom. The van der Waals surface area contributed by atoms with Gasteiger partial charge in [-0.1, -0.05) is 55.0 Å². The molecule has 0 bridgehead atoms. The molecule has 2 aromatic heterocycles. The van der Waals surface area contributed by atoms with Gasteiger partial charge in [-0.15, -0.1) is 0 Å². The first-order chi connectivity index (χ1) is 54.0. The Bertz CT molecular complexity index is 3880. The fourth-order valence-electron chi connectivity index (χ4n) is 13.6. The predicted molar refractivity (Wildman–Crippen MR) is 455 cm³/mol. The van der Waals surface area contributed by atoms with Crippen molar-refractivity contribution in [3.63, 3.8) is 0 Å². The van der Waals surface area contributed by atoms with Gasteiger partial charge in [0, 0.05) is 114 Å². The standard InChI is InChI=1S/C40H56N2O9.C24H31BrN2O3.C22H37BO8.2CH4/c1-5-42(34-12-15-46-16-13-34)38-28-33(27-37(31(38)4)39(44)11-10-36-29(2)26-30(3)41-40(36)45)32-6-8-35(9-7-32)51-25-24-50-23-22-49-21-20-48-19-18-47-17-14-43;1-5-27(19-8-10-30-11-9-19)22-14-18(25)13-21(17(22)4)23(28)7-6-20-15(2)12-16(3)26-24(20)29;1-21(2)22(3,4)31-23(30-21)19-5-7-20(8-6-19)29-18-17-28-16-15-27-14-13-26-12-11-25-10-9-24;;/h6-9,26-28,34,43H,5,10-25H2,1-4H3,(H,41,45);12-14,19H,5-11H2,1-4H3,(H,26,29);5-8,24H,9-18H2,1-4H3;2*1H4. The second-order valence-electron chi connectivity index (χ2n) is 29.0. The minimum Gasteiger partial charge on any atom is -0.491 e. The van der Waals surface area contributed by atoms with Gasteiger partial charge in [-0.05, 0) is 221 Å². The quantitative estimate of drug-likeness (QED) is 0.0157. The highest BCUT2D eigenvalue weighted by molar-refractivity contribution is 9.10. The van der Waals surface area contributed by atoms with Crippen LogP contribution in [-0.2, 0) is 69.5 Å². The number of ether oxygens (including phenoxy) is 12. The summed E-state index contributed by atoms with van der Waals surface area (Å²) in [5, 5.41) is 17.2. The number of aliphatic hydroxyl groups is 2. The maximum Gasteiger partial charge on any atom is 0.494 e. The summed E-state index contributed by atoms with van der Waals surface area (Å²) in [5.41, 5.74) is 12.4. The molecule has 0 saturated carbocycles. The molecule has 3 aliphatic rings. The number of aliphatic hydroxyl groups excluding tert-OH is 2. The summed E-state index contributed by atoms with van der Waals surface area (Å²) in [6, 6.07) is 28.6. The van der Waals surface area contributed by atoms with Crippen molar-refractivity contribution < 1.29 is 86.0 Å². The Balaban J connectivity index is 0.000000319. The minimum atomic E-state index is -0.368. The highest BCUT2D eigenvalue weighted by Crippen LogP contribution is 2.38. The van der Waals surface area contributed by atoms with Crippen molar-refractivity contribution in [2.45, 2.75) is 173 Å². The molecule has 0 aliphatic carbocycles. The maximum atomic E-state index is 13.9. The lowest BCUT2D eigenvalue weighted by Crippen LogP contribution is -2.41. The van der Waals surface area contributed by atoms with Crippen LogP contribution in [0, 0.1) is 41.5 Å². The summed E-state index contributed by atoms with van der Waals surface area (Å²) in [4.78, 5) is 62.6. The van der Waals surface area contributed by atoms with Crippen molar-refractivity contribution >= 4 is 51.5 Å². The molecule has 3 aliphatic heterocycles. The van der Waals surface area contributed by atoms with Crippen LogP contribution in [-0.4, -0.2) is 234 Å². The molecule has 24 nitrogen and oxygen atoms in total. The smallest absolute Gasteiger partial charge is 0.491 e. The zero-order valence-corrected chi connectivity index (χ0v) is 70.0. The second kappa shape index (κ2) is 52.2. The summed E-state index contributed by atoms with van der Waals surface area (Å²) in [7, 11) is -0.368. The van der Waals surface area contributed by atoms with Gasteiger partial charge in [-0.2, -0.15) is 0 Å². The second-order valence-corrected chi connectivity index (χ2v) is 29.9. The molecular weight excluding hydrogens is 1520 g/mol. The highest BCUT2D eigenvalue weighted by atomic mass is 79.9. The lowest BCUT2D eigenvalue weighted by Gasteiger charge is -2.37. The van der Waals surface area contributed by atoms with Crippen LogP contribution in [0.2, 0.25) is 0 Å². The van der Waals surface area contributed by atoms with E-state index in [0.717, 1.165) is 148 Å². The third kappa shape index (κ3) is 31.6. The first-order valence-corrected chi connectivity index (χ1v) is 40.5. The molecule has 4 N–H and O–H groups in total. The lowest BCUT2D eigenvalue weighted by molar-refractivity contribution is -0.00779. The lowest BCUT2D eigenvalue weighted by atomic mass is 9.79. The Morgan fingerprint density at radius 1 is 0.474 bits per heavy atom. The molecule has 3 fully saturated rings. The van der Waals surface area contributed by atoms with E-state index in [9.17, 15) is 19.2 Å². The van der Waals surface area contributed by atoms with Gasteiger partial charge in [0.05, 0.1) is 130 Å². The summed E-state index contributed by atoms with van der Waals surface area (Å²) < 4.78 is 78.8. The number of rotatable bonds is 46. The molecule has 5 heterocycles. The number of carbonyl (C=O) groups is 2.